The van der Waals surface area contributed by atoms with Crippen molar-refractivity contribution < 1.29 is 9.18 Å². The van der Waals surface area contributed by atoms with Gasteiger partial charge >= 0.3 is 6.03 Å². The Balaban J connectivity index is 1.88. The van der Waals surface area contributed by atoms with Crippen LogP contribution in [0.4, 0.5) is 26.2 Å². The van der Waals surface area contributed by atoms with E-state index in [1.54, 1.807) is 13.0 Å². The number of aromatic nitrogens is 4. The predicted octanol–water partition coefficient (Wildman–Crippen LogP) is 4.54. The molecule has 31 heavy (non-hydrogen) atoms. The number of rotatable bonds is 7. The molecule has 0 aliphatic rings. The van der Waals surface area contributed by atoms with E-state index < -0.39 is 6.03 Å². The van der Waals surface area contributed by atoms with Crippen LogP contribution in [0.3, 0.4) is 0 Å². The molecule has 8 nitrogen and oxygen atoms in total. The van der Waals surface area contributed by atoms with Gasteiger partial charge in [-0.15, -0.1) is 10.2 Å². The average Bonchev–Trinajstić information content (AvgIpc) is 3.23. The highest BCUT2D eigenvalue weighted by atomic mass is 19.1. The lowest BCUT2D eigenvalue weighted by molar-refractivity contribution is 0.262. The highest BCUT2D eigenvalue weighted by Gasteiger charge is 2.18. The van der Waals surface area contributed by atoms with Crippen LogP contribution in [0.25, 0.3) is 0 Å². The molecule has 164 valence electrons. The number of amides is 2. The molecule has 0 radical (unpaired) electrons. The molecule has 0 aliphatic carbocycles. The van der Waals surface area contributed by atoms with Crippen LogP contribution in [0.1, 0.15) is 43.6 Å². The number of aryl methyl sites for hydroxylation is 1. The van der Waals surface area contributed by atoms with E-state index in [-0.39, 0.29) is 11.7 Å². The van der Waals surface area contributed by atoms with Crippen LogP contribution < -0.4 is 15.5 Å². The van der Waals surface area contributed by atoms with Crippen LogP contribution in [-0.4, -0.2) is 40.2 Å². The van der Waals surface area contributed by atoms with Gasteiger partial charge in [-0.3, -0.25) is 0 Å². The molecule has 0 bridgehead atoms. The fraction of sp³-hybridized carbons (Fsp3) is 0.364. The quantitative estimate of drug-likeness (QED) is 0.516. The predicted molar refractivity (Wildman–Crippen MR) is 120 cm³/mol. The average molecular weight is 426 g/mol. The van der Waals surface area contributed by atoms with Gasteiger partial charge in [0.05, 0.1) is 11.4 Å². The van der Waals surface area contributed by atoms with Gasteiger partial charge in [0.1, 0.15) is 5.82 Å². The summed E-state index contributed by atoms with van der Waals surface area (Å²) in [6, 6.07) is 9.74. The van der Waals surface area contributed by atoms with Crippen LogP contribution >= 0.6 is 0 Å². The van der Waals surface area contributed by atoms with E-state index in [0.29, 0.717) is 28.7 Å². The van der Waals surface area contributed by atoms with Gasteiger partial charge in [-0.25, -0.2) is 9.18 Å². The molecule has 1 unspecified atom stereocenters. The number of carbonyl (C=O) groups is 1. The molecule has 1 heterocycles. The van der Waals surface area contributed by atoms with Crippen LogP contribution in [0.15, 0.2) is 36.4 Å². The number of carbonyl (C=O) groups excluding carboxylic acids is 1. The number of H-pyrrole nitrogens is 1. The van der Waals surface area contributed by atoms with Crippen molar-refractivity contribution in [3.8, 4) is 0 Å². The minimum Gasteiger partial charge on any atom is -0.373 e. The standard InChI is InChI=1S/C22H28FN7O/c1-13(2)12-30(5)20-9-6-16(15(4)21-26-28-29-27-21)11-19(20)25-22(31)24-18-8-7-17(23)10-14(18)3/h6-11,13,15H,12H2,1-5H3,(H2,24,25,31)(H,26,27,28,29). The molecule has 2 aromatic carbocycles. The Kier molecular flexibility index (Phi) is 6.84. The van der Waals surface area contributed by atoms with Gasteiger partial charge in [0, 0.05) is 25.2 Å². The number of anilines is 3. The number of hydrogen-bond acceptors (Lipinski definition) is 5. The first-order valence-corrected chi connectivity index (χ1v) is 10.2. The third kappa shape index (κ3) is 5.56. The minimum absolute atomic E-state index is 0.105. The maximum atomic E-state index is 13.4. The Morgan fingerprint density at radius 3 is 2.52 bits per heavy atom. The normalized spacial score (nSPS) is 12.0. The second kappa shape index (κ2) is 9.55. The van der Waals surface area contributed by atoms with Crippen LogP contribution in [0, 0.1) is 18.7 Å². The lowest BCUT2D eigenvalue weighted by atomic mass is 9.99. The lowest BCUT2D eigenvalue weighted by Crippen LogP contribution is -2.26. The first-order valence-electron chi connectivity index (χ1n) is 10.2. The number of hydrogen-bond donors (Lipinski definition) is 3. The first-order chi connectivity index (χ1) is 14.7. The number of halogens is 1. The maximum Gasteiger partial charge on any atom is 0.323 e. The molecule has 1 atom stereocenters. The molecule has 9 heteroatoms. The van der Waals surface area contributed by atoms with E-state index in [2.05, 4.69) is 50.0 Å². The smallest absolute Gasteiger partial charge is 0.323 e. The van der Waals surface area contributed by atoms with E-state index in [9.17, 15) is 9.18 Å². The molecular weight excluding hydrogens is 397 g/mol. The maximum absolute atomic E-state index is 13.4. The number of tetrazole rings is 1. The van der Waals surface area contributed by atoms with Crippen LogP contribution in [0.5, 0.6) is 0 Å². The molecule has 0 spiro atoms. The Bertz CT molecular complexity index is 1040. The summed E-state index contributed by atoms with van der Waals surface area (Å²) in [7, 11) is 1.99. The van der Waals surface area contributed by atoms with Crippen LogP contribution in [-0.2, 0) is 0 Å². The Morgan fingerprint density at radius 1 is 1.13 bits per heavy atom. The lowest BCUT2D eigenvalue weighted by Gasteiger charge is -2.25. The van der Waals surface area contributed by atoms with Crippen molar-refractivity contribution >= 4 is 23.1 Å². The summed E-state index contributed by atoms with van der Waals surface area (Å²) in [6.07, 6.45) is 0. The minimum atomic E-state index is -0.404. The van der Waals surface area contributed by atoms with Crippen molar-refractivity contribution in [1.29, 1.82) is 0 Å². The van der Waals surface area contributed by atoms with Crippen LogP contribution in [0.2, 0.25) is 0 Å². The highest BCUT2D eigenvalue weighted by Crippen LogP contribution is 2.31. The molecule has 0 saturated heterocycles. The number of aromatic amines is 1. The highest BCUT2D eigenvalue weighted by molar-refractivity contribution is 6.02. The van der Waals surface area contributed by atoms with Gasteiger partial charge in [-0.05, 0) is 54.3 Å². The third-order valence-corrected chi connectivity index (χ3v) is 5.00. The van der Waals surface area contributed by atoms with Gasteiger partial charge < -0.3 is 15.5 Å². The van der Waals surface area contributed by atoms with Crippen molar-refractivity contribution in [3.63, 3.8) is 0 Å². The first kappa shape index (κ1) is 22.2. The Labute approximate surface area is 181 Å². The monoisotopic (exact) mass is 425 g/mol. The molecule has 0 fully saturated rings. The van der Waals surface area contributed by atoms with E-state index in [4.69, 9.17) is 0 Å². The second-order valence-corrected chi connectivity index (χ2v) is 8.08. The molecular formula is C22H28FN7O. The van der Waals surface area contributed by atoms with Crippen molar-refractivity contribution in [3.05, 3.63) is 59.2 Å². The van der Waals surface area contributed by atoms with Crippen molar-refractivity contribution in [2.45, 2.75) is 33.6 Å². The Hall–Kier alpha value is -3.49. The zero-order valence-corrected chi connectivity index (χ0v) is 18.4. The molecule has 0 saturated carbocycles. The summed E-state index contributed by atoms with van der Waals surface area (Å²) in [5.41, 5.74) is 3.69. The topological polar surface area (TPSA) is 98.8 Å². The van der Waals surface area contributed by atoms with Gasteiger partial charge in [0.15, 0.2) is 5.82 Å². The van der Waals surface area contributed by atoms with Gasteiger partial charge in [0.25, 0.3) is 0 Å². The SMILES string of the molecule is Cc1cc(F)ccc1NC(=O)Nc1cc(C(C)c2nn[nH]n2)ccc1N(C)CC(C)C. The van der Waals surface area contributed by atoms with E-state index >= 15 is 0 Å². The third-order valence-electron chi connectivity index (χ3n) is 5.00. The summed E-state index contributed by atoms with van der Waals surface area (Å²) in [6.45, 7) is 8.82. The number of urea groups is 1. The van der Waals surface area contributed by atoms with Gasteiger partial charge in [-0.2, -0.15) is 5.21 Å². The zero-order chi connectivity index (χ0) is 22.5. The molecule has 3 N–H and O–H groups in total. The fourth-order valence-corrected chi connectivity index (χ4v) is 3.45. The molecule has 3 aromatic rings. The van der Waals surface area contributed by atoms with Gasteiger partial charge in [0.2, 0.25) is 0 Å². The molecule has 2 amide bonds. The largest absolute Gasteiger partial charge is 0.373 e. The van der Waals surface area contributed by atoms with E-state index in [0.717, 1.165) is 17.8 Å². The second-order valence-electron chi connectivity index (χ2n) is 8.08. The van der Waals surface area contributed by atoms with Crippen molar-refractivity contribution in [1.82, 2.24) is 20.6 Å². The van der Waals surface area contributed by atoms with Gasteiger partial charge in [-0.1, -0.05) is 32.1 Å². The van der Waals surface area contributed by atoms with Crippen molar-refractivity contribution in [2.75, 3.05) is 29.1 Å². The summed E-state index contributed by atoms with van der Waals surface area (Å²) in [5, 5.41) is 20.0. The van der Waals surface area contributed by atoms with Crippen molar-refractivity contribution in [2.24, 2.45) is 5.92 Å². The number of benzene rings is 2. The summed E-state index contributed by atoms with van der Waals surface area (Å²) in [4.78, 5) is 14.9. The number of nitrogens with one attached hydrogen (secondary N) is 3. The summed E-state index contributed by atoms with van der Waals surface area (Å²) >= 11 is 0. The fourth-order valence-electron chi connectivity index (χ4n) is 3.45. The van der Waals surface area contributed by atoms with E-state index in [1.165, 1.54) is 12.1 Å². The summed E-state index contributed by atoms with van der Waals surface area (Å²) in [5.74, 6) is 0.572. The molecule has 1 aromatic heterocycles. The summed E-state index contributed by atoms with van der Waals surface area (Å²) < 4.78 is 13.4. The zero-order valence-electron chi connectivity index (χ0n) is 18.4. The Morgan fingerprint density at radius 2 is 1.87 bits per heavy atom. The molecule has 3 rings (SSSR count). The number of nitrogens with zero attached hydrogens (tertiary/aromatic N) is 4. The van der Waals surface area contributed by atoms with E-state index in [1.807, 2.05) is 32.2 Å². The molecule has 0 aliphatic heterocycles.